The Labute approximate surface area is 234 Å². The number of amides is 1. The quantitative estimate of drug-likeness (QED) is 0.424. The van der Waals surface area contributed by atoms with Crippen molar-refractivity contribution >= 4 is 11.6 Å². The molecule has 3 aromatic rings. The Morgan fingerprint density at radius 3 is 2.44 bits per heavy atom. The molecule has 1 N–H and O–H groups in total. The van der Waals surface area contributed by atoms with Crippen LogP contribution in [0.15, 0.2) is 54.7 Å². The number of nitrogens with one attached hydrogen (secondary N) is 1. The van der Waals surface area contributed by atoms with Gasteiger partial charge in [0.25, 0.3) is 0 Å². The van der Waals surface area contributed by atoms with E-state index in [1.807, 2.05) is 18.0 Å². The molecular formula is C30H28F5N5O. The first kappa shape index (κ1) is 28.5. The highest BCUT2D eigenvalue weighted by molar-refractivity contribution is 5.89. The van der Waals surface area contributed by atoms with Crippen LogP contribution >= 0.6 is 0 Å². The van der Waals surface area contributed by atoms with E-state index < -0.39 is 28.8 Å². The zero-order valence-electron chi connectivity index (χ0n) is 22.3. The monoisotopic (exact) mass is 569 g/mol. The molecule has 41 heavy (non-hydrogen) atoms. The summed E-state index contributed by atoms with van der Waals surface area (Å²) >= 11 is 0. The van der Waals surface area contributed by atoms with E-state index in [9.17, 15) is 32.0 Å². The molecule has 2 aliphatic heterocycles. The zero-order valence-corrected chi connectivity index (χ0v) is 22.3. The number of halogens is 5. The van der Waals surface area contributed by atoms with Crippen LogP contribution in [0.2, 0.25) is 0 Å². The second-order valence-corrected chi connectivity index (χ2v) is 10.7. The molecule has 2 aromatic carbocycles. The summed E-state index contributed by atoms with van der Waals surface area (Å²) in [7, 11) is 1.98. The molecule has 1 amide bonds. The van der Waals surface area contributed by atoms with Crippen molar-refractivity contribution in [3.8, 4) is 17.3 Å². The number of piperidine rings is 1. The highest BCUT2D eigenvalue weighted by atomic mass is 19.4. The van der Waals surface area contributed by atoms with Crippen molar-refractivity contribution in [3.05, 3.63) is 83.1 Å². The number of likely N-dealkylation sites (N-methyl/N-ethyl adjacent to an activating group) is 1. The smallest absolute Gasteiger partial charge is 0.370 e. The molecule has 0 saturated carbocycles. The van der Waals surface area contributed by atoms with E-state index in [0.29, 0.717) is 43.7 Å². The van der Waals surface area contributed by atoms with E-state index in [1.165, 1.54) is 12.3 Å². The van der Waals surface area contributed by atoms with Gasteiger partial charge in [0.1, 0.15) is 17.7 Å². The summed E-state index contributed by atoms with van der Waals surface area (Å²) in [6, 6.07) is 11.3. The van der Waals surface area contributed by atoms with Crippen LogP contribution in [0.1, 0.15) is 36.0 Å². The van der Waals surface area contributed by atoms with Crippen LogP contribution in [0.25, 0.3) is 11.3 Å². The van der Waals surface area contributed by atoms with Crippen molar-refractivity contribution in [2.75, 3.05) is 38.1 Å². The van der Waals surface area contributed by atoms with Crippen molar-refractivity contribution in [2.45, 2.75) is 36.9 Å². The lowest BCUT2D eigenvalue weighted by Gasteiger charge is -2.42. The molecule has 0 bridgehead atoms. The molecule has 11 heteroatoms. The maximum absolute atomic E-state index is 14.4. The fourth-order valence-corrected chi connectivity index (χ4v) is 5.76. The molecule has 2 aliphatic rings. The van der Waals surface area contributed by atoms with Crippen LogP contribution in [-0.4, -0.2) is 55.1 Å². The first-order valence-electron chi connectivity index (χ1n) is 13.3. The number of nitrogens with zero attached hydrogens (tertiary/aromatic N) is 4. The number of nitriles is 1. The molecule has 1 aromatic heterocycles. The van der Waals surface area contributed by atoms with E-state index in [0.717, 1.165) is 43.3 Å². The minimum Gasteiger partial charge on any atom is -0.370 e. The van der Waals surface area contributed by atoms with Crippen molar-refractivity contribution in [1.29, 1.82) is 5.26 Å². The van der Waals surface area contributed by atoms with Crippen molar-refractivity contribution in [3.63, 3.8) is 0 Å². The van der Waals surface area contributed by atoms with Crippen LogP contribution in [0.3, 0.4) is 0 Å². The third-order valence-corrected chi connectivity index (χ3v) is 8.08. The van der Waals surface area contributed by atoms with Gasteiger partial charge in [-0.3, -0.25) is 9.78 Å². The Bertz CT molecular complexity index is 1480. The summed E-state index contributed by atoms with van der Waals surface area (Å²) in [5.74, 6) is -1.41. The number of rotatable bonds is 5. The van der Waals surface area contributed by atoms with E-state index in [1.54, 1.807) is 12.1 Å². The molecule has 1 atom stereocenters. The Hall–Kier alpha value is -4.04. The zero-order chi connectivity index (χ0) is 29.4. The minimum atomic E-state index is -4.57. The Kier molecular flexibility index (Phi) is 7.70. The molecule has 3 heterocycles. The van der Waals surface area contributed by atoms with E-state index in [4.69, 9.17) is 0 Å². The summed E-state index contributed by atoms with van der Waals surface area (Å²) in [6.45, 7) is 2.17. The minimum absolute atomic E-state index is 0.00482. The van der Waals surface area contributed by atoms with Crippen LogP contribution in [0.4, 0.5) is 27.6 Å². The predicted molar refractivity (Wildman–Crippen MR) is 143 cm³/mol. The van der Waals surface area contributed by atoms with Crippen molar-refractivity contribution < 1.29 is 26.7 Å². The van der Waals surface area contributed by atoms with Gasteiger partial charge < -0.3 is 15.1 Å². The number of alkyl halides is 3. The van der Waals surface area contributed by atoms with Gasteiger partial charge in [-0.2, -0.15) is 18.4 Å². The largest absolute Gasteiger partial charge is 0.416 e. The summed E-state index contributed by atoms with van der Waals surface area (Å²) in [4.78, 5) is 22.2. The lowest BCUT2D eigenvalue weighted by molar-refractivity contribution is -0.137. The summed E-state index contributed by atoms with van der Waals surface area (Å²) < 4.78 is 67.8. The predicted octanol–water partition coefficient (Wildman–Crippen LogP) is 5.28. The number of carbonyl (C=O) groups is 1. The summed E-state index contributed by atoms with van der Waals surface area (Å²) in [5, 5.41) is 12.7. The Morgan fingerprint density at radius 1 is 1.07 bits per heavy atom. The van der Waals surface area contributed by atoms with Gasteiger partial charge in [-0.1, -0.05) is 6.07 Å². The van der Waals surface area contributed by atoms with E-state index in [-0.39, 0.29) is 28.8 Å². The molecule has 0 spiro atoms. The second-order valence-electron chi connectivity index (χ2n) is 10.7. The first-order chi connectivity index (χ1) is 19.5. The Morgan fingerprint density at radius 2 is 1.83 bits per heavy atom. The molecule has 2 saturated heterocycles. The number of anilines is 1. The van der Waals surface area contributed by atoms with Gasteiger partial charge in [0.05, 0.1) is 27.9 Å². The molecule has 0 radical (unpaired) electrons. The fourth-order valence-electron chi connectivity index (χ4n) is 5.76. The molecule has 0 unspecified atom stereocenters. The van der Waals surface area contributed by atoms with Crippen LogP contribution < -0.4 is 10.2 Å². The third kappa shape index (κ3) is 5.75. The topological polar surface area (TPSA) is 72.3 Å². The van der Waals surface area contributed by atoms with Crippen LogP contribution in [-0.2, 0) is 16.4 Å². The fraction of sp³-hybridized carbons (Fsp3) is 0.367. The van der Waals surface area contributed by atoms with E-state index >= 15 is 0 Å². The van der Waals surface area contributed by atoms with Gasteiger partial charge in [-0.05, 0) is 80.9 Å². The number of hydrogen-bond donors (Lipinski definition) is 1. The number of carbonyl (C=O) groups excluding carboxylic acids is 1. The number of benzene rings is 2. The maximum atomic E-state index is 14.4. The molecule has 0 aliphatic carbocycles. The lowest BCUT2D eigenvalue weighted by atomic mass is 9.72. The third-order valence-electron chi connectivity index (χ3n) is 8.08. The number of aromatic nitrogens is 1. The highest BCUT2D eigenvalue weighted by Gasteiger charge is 2.44. The number of pyridine rings is 1. The van der Waals surface area contributed by atoms with Gasteiger partial charge >= 0.3 is 6.18 Å². The number of likely N-dealkylation sites (tertiary alicyclic amines) is 1. The van der Waals surface area contributed by atoms with Gasteiger partial charge in [-0.25, -0.2) is 8.78 Å². The second kappa shape index (κ2) is 11.1. The van der Waals surface area contributed by atoms with Crippen molar-refractivity contribution in [1.82, 2.24) is 15.2 Å². The molecule has 214 valence electrons. The van der Waals surface area contributed by atoms with Gasteiger partial charge in [0.15, 0.2) is 0 Å². The highest BCUT2D eigenvalue weighted by Crippen LogP contribution is 2.40. The van der Waals surface area contributed by atoms with E-state index in [2.05, 4.69) is 15.2 Å². The SMILES string of the molecule is CN1CC[C@@H](NC(=O)C2(c3ccc(-c4cc(F)ccc4F)nc3)CCN(c3ccc(C(F)(F)F)cc3C#N)CC2)C1. The van der Waals surface area contributed by atoms with Gasteiger partial charge in [-0.15, -0.1) is 0 Å². The van der Waals surface area contributed by atoms with Crippen LogP contribution in [0.5, 0.6) is 0 Å². The molecule has 6 nitrogen and oxygen atoms in total. The Balaban J connectivity index is 1.44. The van der Waals surface area contributed by atoms with Gasteiger partial charge in [0, 0.05) is 37.4 Å². The average Bonchev–Trinajstić information content (AvgIpc) is 3.37. The number of hydrogen-bond acceptors (Lipinski definition) is 5. The standard InChI is InChI=1S/C30H28F5N5O/c1-39-11-8-23(18-39)38-28(41)29(21-2-6-26(37-17-21)24-15-22(31)4-5-25(24)32)9-12-40(13-10-29)27-7-3-20(30(33,34)35)14-19(27)16-36/h2-7,14-15,17,23H,8-13,18H2,1H3,(H,38,41)/t23-/m1/s1. The summed E-state index contributed by atoms with van der Waals surface area (Å²) in [5.41, 5.74) is -0.788. The lowest BCUT2D eigenvalue weighted by Crippen LogP contribution is -2.54. The molecule has 2 fully saturated rings. The average molecular weight is 570 g/mol. The normalized spacial score (nSPS) is 19.1. The molecule has 5 rings (SSSR count). The van der Waals surface area contributed by atoms with Crippen LogP contribution in [0, 0.1) is 23.0 Å². The molecular weight excluding hydrogens is 541 g/mol. The summed E-state index contributed by atoms with van der Waals surface area (Å²) in [6.07, 6.45) is -1.64. The van der Waals surface area contributed by atoms with Crippen molar-refractivity contribution in [2.24, 2.45) is 0 Å². The van der Waals surface area contributed by atoms with Gasteiger partial charge in [0.2, 0.25) is 5.91 Å². The maximum Gasteiger partial charge on any atom is 0.416 e. The first-order valence-corrected chi connectivity index (χ1v) is 13.3.